The number of hydrogen-bond donors (Lipinski definition) is 0. The lowest BCUT2D eigenvalue weighted by Crippen LogP contribution is -2.11. The normalized spacial score (nSPS) is 13.9. The summed E-state index contributed by atoms with van der Waals surface area (Å²) in [5, 5.41) is 5.03. The van der Waals surface area contributed by atoms with E-state index in [0.29, 0.717) is 5.92 Å². The Kier molecular flexibility index (Phi) is 8.00. The second-order valence-electron chi connectivity index (χ2n) is 14.1. The van der Waals surface area contributed by atoms with Crippen molar-refractivity contribution in [3.8, 4) is 27.9 Å². The molecule has 0 bridgehead atoms. The highest BCUT2D eigenvalue weighted by atomic mass is 15.1. The van der Waals surface area contributed by atoms with Gasteiger partial charge < -0.3 is 9.47 Å². The lowest BCUT2D eigenvalue weighted by atomic mass is 9.92. The number of nitrogens with zero attached hydrogens (tertiary/aromatic N) is 2. The molecule has 54 heavy (non-hydrogen) atoms. The van der Waals surface area contributed by atoms with Crippen LogP contribution in [0.25, 0.3) is 60.5 Å². The van der Waals surface area contributed by atoms with E-state index in [1.807, 2.05) is 0 Å². The number of allylic oxidation sites excluding steroid dienone is 4. The fourth-order valence-electron chi connectivity index (χ4n) is 8.34. The Morgan fingerprint density at radius 2 is 1.11 bits per heavy atom. The molecule has 1 atom stereocenters. The molecule has 0 saturated carbocycles. The fraction of sp³-hybridized carbons (Fsp3) is 0.0385. The van der Waals surface area contributed by atoms with Crippen LogP contribution in [0.4, 0.5) is 17.1 Å². The van der Waals surface area contributed by atoms with E-state index in [4.69, 9.17) is 0 Å². The second-order valence-corrected chi connectivity index (χ2v) is 14.1. The van der Waals surface area contributed by atoms with Gasteiger partial charge in [-0.1, -0.05) is 170 Å². The molecule has 8 aromatic carbocycles. The summed E-state index contributed by atoms with van der Waals surface area (Å²) < 4.78 is 2.47. The van der Waals surface area contributed by atoms with Gasteiger partial charge in [-0.05, 0) is 71.0 Å². The van der Waals surface area contributed by atoms with Crippen LogP contribution in [0.2, 0.25) is 0 Å². The Morgan fingerprint density at radius 3 is 1.91 bits per heavy atom. The number of para-hydroxylation sites is 3. The number of aromatic nitrogens is 1. The van der Waals surface area contributed by atoms with Crippen LogP contribution < -0.4 is 4.90 Å². The zero-order valence-corrected chi connectivity index (χ0v) is 29.9. The average Bonchev–Trinajstić information content (AvgIpc) is 3.60. The molecule has 0 saturated heterocycles. The number of anilines is 3. The molecular weight excluding hydrogens is 653 g/mol. The van der Waals surface area contributed by atoms with E-state index >= 15 is 0 Å². The lowest BCUT2D eigenvalue weighted by molar-refractivity contribution is 0.854. The highest BCUT2D eigenvalue weighted by Crippen LogP contribution is 2.43. The van der Waals surface area contributed by atoms with Crippen molar-refractivity contribution < 1.29 is 0 Å². The summed E-state index contributed by atoms with van der Waals surface area (Å²) in [5.74, 6) is 0.404. The van der Waals surface area contributed by atoms with Crippen molar-refractivity contribution >= 4 is 49.6 Å². The maximum Gasteiger partial charge on any atom is 0.0619 e. The molecule has 1 aliphatic carbocycles. The Bertz CT molecular complexity index is 2840. The third kappa shape index (κ3) is 5.52. The van der Waals surface area contributed by atoms with E-state index in [2.05, 4.69) is 222 Å². The van der Waals surface area contributed by atoms with Gasteiger partial charge in [-0.3, -0.25) is 0 Å². The van der Waals surface area contributed by atoms with E-state index in [0.717, 1.165) is 23.5 Å². The maximum absolute atomic E-state index is 2.47. The minimum Gasteiger partial charge on any atom is -0.310 e. The van der Waals surface area contributed by atoms with E-state index in [9.17, 15) is 0 Å². The first kappa shape index (κ1) is 31.8. The van der Waals surface area contributed by atoms with Crippen molar-refractivity contribution in [1.29, 1.82) is 0 Å². The van der Waals surface area contributed by atoms with E-state index in [1.165, 1.54) is 66.1 Å². The van der Waals surface area contributed by atoms with Crippen molar-refractivity contribution in [2.75, 3.05) is 4.90 Å². The summed E-state index contributed by atoms with van der Waals surface area (Å²) in [5.41, 5.74) is 13.1. The topological polar surface area (TPSA) is 8.17 Å². The number of hydrogen-bond acceptors (Lipinski definition) is 1. The number of benzene rings is 8. The monoisotopic (exact) mass is 690 g/mol. The second kappa shape index (κ2) is 13.6. The van der Waals surface area contributed by atoms with Crippen molar-refractivity contribution in [1.82, 2.24) is 4.57 Å². The predicted octanol–water partition coefficient (Wildman–Crippen LogP) is 14.3. The van der Waals surface area contributed by atoms with Crippen molar-refractivity contribution in [2.45, 2.75) is 12.3 Å². The van der Waals surface area contributed by atoms with E-state index < -0.39 is 0 Å². The lowest BCUT2D eigenvalue weighted by Gasteiger charge is -2.28. The Balaban J connectivity index is 1.11. The van der Waals surface area contributed by atoms with E-state index in [-0.39, 0.29) is 0 Å². The molecule has 256 valence electrons. The molecule has 0 radical (unpaired) electrons. The van der Waals surface area contributed by atoms with Crippen molar-refractivity contribution in [3.63, 3.8) is 0 Å². The van der Waals surface area contributed by atoms with Crippen LogP contribution >= 0.6 is 0 Å². The van der Waals surface area contributed by atoms with Crippen LogP contribution in [0, 0.1) is 0 Å². The van der Waals surface area contributed by atoms with Gasteiger partial charge in [0.05, 0.1) is 22.4 Å². The Labute approximate surface area is 316 Å². The maximum atomic E-state index is 2.47. The average molecular weight is 691 g/mol. The summed E-state index contributed by atoms with van der Waals surface area (Å²) in [7, 11) is 0. The zero-order valence-electron chi connectivity index (χ0n) is 29.9. The quantitative estimate of drug-likeness (QED) is 0.162. The van der Waals surface area contributed by atoms with Gasteiger partial charge in [0, 0.05) is 44.6 Å². The SMILES string of the molecule is C1=CCC(c2ccc(N(c3ccc(-c4ccccc4-n4c5ccccc5c5ccc6ccccc6c54)cc3)c3ccccc3-c3ccccc3)cc2)C=C1. The smallest absolute Gasteiger partial charge is 0.0619 e. The highest BCUT2D eigenvalue weighted by Gasteiger charge is 2.20. The standard InChI is InChI=1S/C52H38N2/c1-3-15-37(16-4-1)38-27-32-42(33-28-38)53(49-24-12-9-20-44(49)39-17-5-2-6-18-39)43-34-29-41(30-35-43)45-21-10-13-25-50(45)54-51-26-14-11-23-47(51)48-36-31-40-19-7-8-22-46(40)52(48)54/h1-15,17-37H,16H2. The minimum atomic E-state index is 0.404. The summed E-state index contributed by atoms with van der Waals surface area (Å²) in [6, 6.07) is 68.6. The minimum absolute atomic E-state index is 0.404. The molecule has 1 heterocycles. The van der Waals surface area contributed by atoms with Gasteiger partial charge in [0.1, 0.15) is 0 Å². The van der Waals surface area contributed by atoms with Gasteiger partial charge in [0.25, 0.3) is 0 Å². The summed E-state index contributed by atoms with van der Waals surface area (Å²) in [4.78, 5) is 2.40. The Hall–Kier alpha value is -6.90. The molecule has 0 spiro atoms. The summed E-state index contributed by atoms with van der Waals surface area (Å²) in [6.07, 6.45) is 9.89. The van der Waals surface area contributed by atoms with Gasteiger partial charge >= 0.3 is 0 Å². The van der Waals surface area contributed by atoms with Crippen LogP contribution in [0.3, 0.4) is 0 Å². The van der Waals surface area contributed by atoms with Crippen LogP contribution in [0.1, 0.15) is 17.9 Å². The first-order chi connectivity index (χ1) is 26.8. The third-order valence-electron chi connectivity index (χ3n) is 10.9. The predicted molar refractivity (Wildman–Crippen MR) is 229 cm³/mol. The van der Waals surface area contributed by atoms with Crippen molar-refractivity contribution in [2.24, 2.45) is 0 Å². The van der Waals surface area contributed by atoms with Gasteiger partial charge in [-0.25, -0.2) is 0 Å². The largest absolute Gasteiger partial charge is 0.310 e. The zero-order chi connectivity index (χ0) is 35.8. The highest BCUT2D eigenvalue weighted by molar-refractivity contribution is 6.18. The van der Waals surface area contributed by atoms with Gasteiger partial charge in [-0.2, -0.15) is 0 Å². The summed E-state index contributed by atoms with van der Waals surface area (Å²) >= 11 is 0. The van der Waals surface area contributed by atoms with Gasteiger partial charge in [0.15, 0.2) is 0 Å². The Morgan fingerprint density at radius 1 is 0.463 bits per heavy atom. The van der Waals surface area contributed by atoms with Crippen LogP contribution in [-0.4, -0.2) is 4.57 Å². The molecule has 0 fully saturated rings. The summed E-state index contributed by atoms with van der Waals surface area (Å²) in [6.45, 7) is 0. The molecule has 1 aromatic heterocycles. The first-order valence-corrected chi connectivity index (χ1v) is 18.8. The third-order valence-corrected chi connectivity index (χ3v) is 10.9. The number of fused-ring (bicyclic) bond motifs is 5. The van der Waals surface area contributed by atoms with Crippen LogP contribution in [0.15, 0.2) is 212 Å². The van der Waals surface area contributed by atoms with Gasteiger partial charge in [0.2, 0.25) is 0 Å². The van der Waals surface area contributed by atoms with Crippen molar-refractivity contribution in [3.05, 3.63) is 218 Å². The molecule has 9 aromatic rings. The van der Waals surface area contributed by atoms with Crippen LogP contribution in [0.5, 0.6) is 0 Å². The molecular formula is C52H38N2. The molecule has 10 rings (SSSR count). The van der Waals surface area contributed by atoms with Gasteiger partial charge in [-0.15, -0.1) is 0 Å². The molecule has 0 aliphatic heterocycles. The van der Waals surface area contributed by atoms with Crippen LogP contribution in [-0.2, 0) is 0 Å². The molecule has 2 nitrogen and oxygen atoms in total. The molecule has 2 heteroatoms. The first-order valence-electron chi connectivity index (χ1n) is 18.8. The number of rotatable bonds is 7. The molecule has 1 aliphatic rings. The molecule has 0 N–H and O–H groups in total. The molecule has 1 unspecified atom stereocenters. The van der Waals surface area contributed by atoms with E-state index in [1.54, 1.807) is 0 Å². The fourth-order valence-corrected chi connectivity index (χ4v) is 8.34. The molecule has 0 amide bonds.